The molecule has 6 heteroatoms. The molecular weight excluding hydrogens is 369 g/mol. The van der Waals surface area contributed by atoms with Gasteiger partial charge in [-0.1, -0.05) is 73.3 Å². The van der Waals surface area contributed by atoms with Gasteiger partial charge >= 0.3 is 5.95 Å². The molecule has 1 aromatic carbocycles. The highest BCUT2D eigenvalue weighted by molar-refractivity contribution is 6.42. The van der Waals surface area contributed by atoms with Crippen LogP contribution in [-0.2, 0) is 12.3 Å². The maximum absolute atomic E-state index is 11.6. The number of unbranched alkanes of at least 4 members (excludes halogenated alkanes) is 5. The first-order valence-electron chi connectivity index (χ1n) is 9.36. The summed E-state index contributed by atoms with van der Waals surface area (Å²) < 4.78 is 1.99. The molecule has 0 bridgehead atoms. The largest absolute Gasteiger partial charge is 0.396 e. The van der Waals surface area contributed by atoms with Gasteiger partial charge in [0.25, 0.3) is 0 Å². The van der Waals surface area contributed by atoms with Gasteiger partial charge in [0.15, 0.2) is 0 Å². The molecule has 4 nitrogen and oxygen atoms in total. The van der Waals surface area contributed by atoms with Gasteiger partial charge in [-0.05, 0) is 18.6 Å². The fourth-order valence-electron chi connectivity index (χ4n) is 3.56. The van der Waals surface area contributed by atoms with Crippen molar-refractivity contribution in [2.45, 2.75) is 57.7 Å². The third-order valence-electron chi connectivity index (χ3n) is 4.99. The Kier molecular flexibility index (Phi) is 6.38. The molecule has 0 aliphatic carbocycles. The van der Waals surface area contributed by atoms with Gasteiger partial charge in [0.1, 0.15) is 12.7 Å². The zero-order valence-corrected chi connectivity index (χ0v) is 16.7. The van der Waals surface area contributed by atoms with Crippen molar-refractivity contribution < 1.29 is 9.67 Å². The number of hydrogen-bond acceptors (Lipinski definition) is 3. The fraction of sp³-hybridized carbons (Fsp3) is 0.500. The Balaban J connectivity index is 1.80. The van der Waals surface area contributed by atoms with E-state index >= 15 is 0 Å². The molecule has 0 amide bonds. The van der Waals surface area contributed by atoms with Crippen LogP contribution in [0.3, 0.4) is 0 Å². The van der Waals surface area contributed by atoms with Gasteiger partial charge < -0.3 is 5.11 Å². The molecule has 1 aliphatic rings. The Labute approximate surface area is 165 Å². The van der Waals surface area contributed by atoms with Crippen LogP contribution in [-0.4, -0.2) is 16.6 Å². The lowest BCUT2D eigenvalue weighted by molar-refractivity contribution is -0.685. The number of rotatable bonds is 8. The van der Waals surface area contributed by atoms with Gasteiger partial charge in [0.05, 0.1) is 22.8 Å². The van der Waals surface area contributed by atoms with E-state index < -0.39 is 5.72 Å². The Morgan fingerprint density at radius 2 is 1.92 bits per heavy atom. The van der Waals surface area contributed by atoms with Crippen LogP contribution in [0.4, 0.5) is 5.95 Å². The number of anilines is 1. The number of fused-ring (bicyclic) bond motifs is 1. The van der Waals surface area contributed by atoms with Crippen LogP contribution in [0.25, 0.3) is 0 Å². The third-order valence-corrected chi connectivity index (χ3v) is 5.73. The smallest absolute Gasteiger partial charge is 0.353 e. The number of aromatic nitrogens is 2. The minimum absolute atomic E-state index is 0.421. The molecule has 3 rings (SSSR count). The standard InChI is InChI=1S/C20H26Cl2N3O/c1-2-3-4-5-6-7-13-25-19-23-11-8-12-24(19)15-20(25,26)16-9-10-17(21)18(22)14-16/h8-12,14,26H,2-7,13,15H2,1H3/q+1. The predicted molar refractivity (Wildman–Crippen MR) is 106 cm³/mol. The number of hydrogen-bond donors (Lipinski definition) is 1. The lowest BCUT2D eigenvalue weighted by Gasteiger charge is -2.28. The minimum Gasteiger partial charge on any atom is -0.353 e. The van der Waals surface area contributed by atoms with Gasteiger partial charge in [-0.15, -0.1) is 0 Å². The first-order valence-corrected chi connectivity index (χ1v) is 10.1. The van der Waals surface area contributed by atoms with Crippen LogP contribution in [0, 0.1) is 0 Å². The molecular formula is C20H26Cl2N3O+. The molecule has 0 fully saturated rings. The SMILES string of the molecule is CCCCCCCCN1c2nccc[n+]2CC1(O)c1ccc(Cl)c(Cl)c1. The molecule has 0 saturated heterocycles. The monoisotopic (exact) mass is 394 g/mol. The quantitative estimate of drug-likeness (QED) is 0.520. The van der Waals surface area contributed by atoms with E-state index in [9.17, 15) is 5.11 Å². The van der Waals surface area contributed by atoms with Crippen molar-refractivity contribution in [3.63, 3.8) is 0 Å². The van der Waals surface area contributed by atoms with Crippen molar-refractivity contribution in [2.24, 2.45) is 0 Å². The zero-order chi connectivity index (χ0) is 18.6. The molecule has 2 heterocycles. The summed E-state index contributed by atoms with van der Waals surface area (Å²) in [5.74, 6) is 0.787. The molecule has 0 spiro atoms. The first-order chi connectivity index (χ1) is 12.6. The van der Waals surface area contributed by atoms with E-state index in [1.807, 2.05) is 27.8 Å². The van der Waals surface area contributed by atoms with E-state index in [0.717, 1.165) is 30.9 Å². The first kappa shape index (κ1) is 19.4. The van der Waals surface area contributed by atoms with Crippen molar-refractivity contribution >= 4 is 29.2 Å². The molecule has 1 atom stereocenters. The van der Waals surface area contributed by atoms with E-state index in [0.29, 0.717) is 16.6 Å². The van der Waals surface area contributed by atoms with Crippen molar-refractivity contribution in [3.05, 3.63) is 52.3 Å². The summed E-state index contributed by atoms with van der Waals surface area (Å²) in [5, 5.41) is 12.5. The lowest BCUT2D eigenvalue weighted by atomic mass is 10.0. The second kappa shape index (κ2) is 8.55. The van der Waals surface area contributed by atoms with Crippen LogP contribution in [0.5, 0.6) is 0 Å². The van der Waals surface area contributed by atoms with Crippen molar-refractivity contribution in [1.29, 1.82) is 0 Å². The van der Waals surface area contributed by atoms with E-state index in [1.54, 1.807) is 18.3 Å². The normalized spacial score (nSPS) is 19.0. The highest BCUT2D eigenvalue weighted by Crippen LogP contribution is 2.36. The fourth-order valence-corrected chi connectivity index (χ4v) is 3.85. The number of halogens is 2. The maximum atomic E-state index is 11.6. The van der Waals surface area contributed by atoms with Gasteiger partial charge in [0.2, 0.25) is 5.72 Å². The van der Waals surface area contributed by atoms with Crippen LogP contribution in [0.1, 0.15) is 51.0 Å². The van der Waals surface area contributed by atoms with Crippen molar-refractivity contribution in [2.75, 3.05) is 11.4 Å². The Morgan fingerprint density at radius 1 is 1.15 bits per heavy atom. The summed E-state index contributed by atoms with van der Waals surface area (Å²) in [7, 11) is 0. The highest BCUT2D eigenvalue weighted by Gasteiger charge is 2.51. The van der Waals surface area contributed by atoms with E-state index in [4.69, 9.17) is 23.2 Å². The van der Waals surface area contributed by atoms with Crippen LogP contribution < -0.4 is 9.47 Å². The van der Waals surface area contributed by atoms with E-state index in [-0.39, 0.29) is 0 Å². The van der Waals surface area contributed by atoms with Crippen LogP contribution >= 0.6 is 23.2 Å². The molecule has 0 radical (unpaired) electrons. The zero-order valence-electron chi connectivity index (χ0n) is 15.2. The number of benzene rings is 1. The summed E-state index contributed by atoms with van der Waals surface area (Å²) in [5.41, 5.74) is -0.428. The average molecular weight is 395 g/mol. The minimum atomic E-state index is -1.17. The van der Waals surface area contributed by atoms with Crippen molar-refractivity contribution in [1.82, 2.24) is 4.98 Å². The maximum Gasteiger partial charge on any atom is 0.396 e. The van der Waals surface area contributed by atoms with Gasteiger partial charge in [-0.25, -0.2) is 9.47 Å². The van der Waals surface area contributed by atoms with Crippen LogP contribution in [0.15, 0.2) is 36.7 Å². The molecule has 26 heavy (non-hydrogen) atoms. The van der Waals surface area contributed by atoms with Gasteiger partial charge in [-0.3, -0.25) is 0 Å². The molecule has 1 N–H and O–H groups in total. The topological polar surface area (TPSA) is 40.2 Å². The molecule has 0 saturated carbocycles. The highest BCUT2D eigenvalue weighted by atomic mass is 35.5. The van der Waals surface area contributed by atoms with E-state index in [1.165, 1.54) is 25.7 Å². The molecule has 1 aliphatic heterocycles. The second-order valence-electron chi connectivity index (χ2n) is 6.91. The molecule has 2 aromatic rings. The summed E-state index contributed by atoms with van der Waals surface area (Å²) in [4.78, 5) is 6.49. The predicted octanol–water partition coefficient (Wildman–Crippen LogP) is 4.70. The van der Waals surface area contributed by atoms with Gasteiger partial charge in [-0.2, -0.15) is 0 Å². The summed E-state index contributed by atoms with van der Waals surface area (Å²) in [6.45, 7) is 3.39. The van der Waals surface area contributed by atoms with E-state index in [2.05, 4.69) is 11.9 Å². The van der Waals surface area contributed by atoms with Crippen LogP contribution in [0.2, 0.25) is 10.0 Å². The Hall–Kier alpha value is -1.36. The van der Waals surface area contributed by atoms with Gasteiger partial charge in [0, 0.05) is 11.6 Å². The molecule has 1 unspecified atom stereocenters. The Morgan fingerprint density at radius 3 is 2.69 bits per heavy atom. The number of nitrogens with zero attached hydrogens (tertiary/aromatic N) is 3. The summed E-state index contributed by atoms with van der Waals surface area (Å²) in [6, 6.07) is 7.22. The van der Waals surface area contributed by atoms with Crippen molar-refractivity contribution in [3.8, 4) is 0 Å². The molecule has 1 aromatic heterocycles. The number of aliphatic hydroxyl groups is 1. The summed E-state index contributed by atoms with van der Waals surface area (Å²) >= 11 is 12.3. The Bertz CT molecular complexity index is 756. The second-order valence-corrected chi connectivity index (χ2v) is 7.73. The third kappa shape index (κ3) is 3.98. The molecule has 140 valence electrons. The lowest BCUT2D eigenvalue weighted by Crippen LogP contribution is -2.46. The summed E-state index contributed by atoms with van der Waals surface area (Å²) in [6.07, 6.45) is 10.9. The average Bonchev–Trinajstić information content (AvgIpc) is 2.93.